The van der Waals surface area contributed by atoms with Crippen LogP contribution in [0.1, 0.15) is 10.4 Å². The van der Waals surface area contributed by atoms with Crippen molar-refractivity contribution < 1.29 is 9.18 Å². The summed E-state index contributed by atoms with van der Waals surface area (Å²) in [5.74, 6) is -0.723. The molecule has 0 heterocycles. The van der Waals surface area contributed by atoms with Gasteiger partial charge in [0.25, 0.3) is 5.91 Å². The average Bonchev–Trinajstić information content (AvgIpc) is 2.33. The molecule has 98 valence electrons. The third-order valence-corrected chi connectivity index (χ3v) is 4.19. The molecule has 2 aromatic carbocycles. The molecule has 0 radical (unpaired) electrons. The van der Waals surface area contributed by atoms with E-state index in [1.807, 2.05) is 0 Å². The van der Waals surface area contributed by atoms with Crippen molar-refractivity contribution in [2.75, 3.05) is 5.32 Å². The average molecular weight is 452 g/mol. The standard InChI is InChI=1S/C13H7Br3FNO/c14-7-1-3-9(11(16)5-7)13(19)18-12-6-8(17)2-4-10(12)15/h1-6H,(H,18,19). The van der Waals surface area contributed by atoms with Crippen molar-refractivity contribution in [1.29, 1.82) is 0 Å². The molecule has 0 saturated heterocycles. The molecule has 0 fully saturated rings. The normalized spacial score (nSPS) is 10.3. The summed E-state index contributed by atoms with van der Waals surface area (Å²) in [6.45, 7) is 0. The van der Waals surface area contributed by atoms with Crippen LogP contribution in [0.4, 0.5) is 10.1 Å². The summed E-state index contributed by atoms with van der Waals surface area (Å²) in [4.78, 5) is 12.1. The van der Waals surface area contributed by atoms with E-state index in [0.717, 1.165) is 4.47 Å². The van der Waals surface area contributed by atoms with Crippen LogP contribution >= 0.6 is 47.8 Å². The van der Waals surface area contributed by atoms with Crippen LogP contribution in [0, 0.1) is 5.82 Å². The van der Waals surface area contributed by atoms with Crippen LogP contribution in [0.3, 0.4) is 0 Å². The zero-order valence-corrected chi connectivity index (χ0v) is 14.1. The largest absolute Gasteiger partial charge is 0.321 e. The first-order valence-electron chi connectivity index (χ1n) is 5.19. The Labute approximate surface area is 134 Å². The van der Waals surface area contributed by atoms with E-state index >= 15 is 0 Å². The van der Waals surface area contributed by atoms with Crippen molar-refractivity contribution >= 4 is 59.4 Å². The van der Waals surface area contributed by atoms with Crippen LogP contribution in [-0.2, 0) is 0 Å². The molecular weight excluding hydrogens is 445 g/mol. The van der Waals surface area contributed by atoms with Crippen LogP contribution in [0.25, 0.3) is 0 Å². The van der Waals surface area contributed by atoms with E-state index in [2.05, 4.69) is 53.1 Å². The van der Waals surface area contributed by atoms with Gasteiger partial charge in [-0.05, 0) is 68.3 Å². The molecule has 0 aliphatic heterocycles. The van der Waals surface area contributed by atoms with Gasteiger partial charge in [-0.15, -0.1) is 0 Å². The lowest BCUT2D eigenvalue weighted by molar-refractivity contribution is 0.102. The Morgan fingerprint density at radius 3 is 2.42 bits per heavy atom. The van der Waals surface area contributed by atoms with Crippen molar-refractivity contribution in [3.63, 3.8) is 0 Å². The highest BCUT2D eigenvalue weighted by molar-refractivity contribution is 9.11. The molecule has 0 aliphatic carbocycles. The Hall–Kier alpha value is -0.720. The predicted octanol–water partition coefficient (Wildman–Crippen LogP) is 5.37. The second-order valence-electron chi connectivity index (χ2n) is 3.70. The highest BCUT2D eigenvalue weighted by atomic mass is 79.9. The summed E-state index contributed by atoms with van der Waals surface area (Å²) < 4.78 is 15.3. The third kappa shape index (κ3) is 3.64. The van der Waals surface area contributed by atoms with E-state index in [1.165, 1.54) is 12.1 Å². The maximum absolute atomic E-state index is 13.1. The fraction of sp³-hybridized carbons (Fsp3) is 0. The molecule has 0 saturated carbocycles. The fourth-order valence-electron chi connectivity index (χ4n) is 1.46. The number of hydrogen-bond donors (Lipinski definition) is 1. The van der Waals surface area contributed by atoms with Gasteiger partial charge in [0.2, 0.25) is 0 Å². The lowest BCUT2D eigenvalue weighted by Gasteiger charge is -2.09. The highest BCUT2D eigenvalue weighted by Gasteiger charge is 2.12. The summed E-state index contributed by atoms with van der Waals surface area (Å²) in [6.07, 6.45) is 0. The van der Waals surface area contributed by atoms with Crippen LogP contribution in [-0.4, -0.2) is 5.91 Å². The minimum atomic E-state index is -0.409. The summed E-state index contributed by atoms with van der Waals surface area (Å²) in [7, 11) is 0. The number of anilines is 1. The zero-order valence-electron chi connectivity index (χ0n) is 9.38. The van der Waals surface area contributed by atoms with Gasteiger partial charge in [0.1, 0.15) is 5.82 Å². The van der Waals surface area contributed by atoms with Gasteiger partial charge in [0.05, 0.1) is 11.3 Å². The molecular formula is C13H7Br3FNO. The minimum Gasteiger partial charge on any atom is -0.321 e. The number of nitrogens with one attached hydrogen (secondary N) is 1. The minimum absolute atomic E-state index is 0.314. The molecule has 1 N–H and O–H groups in total. The number of amides is 1. The van der Waals surface area contributed by atoms with E-state index < -0.39 is 5.82 Å². The van der Waals surface area contributed by atoms with Crippen molar-refractivity contribution in [3.05, 3.63) is 61.2 Å². The predicted molar refractivity (Wildman–Crippen MR) is 83.9 cm³/mol. The summed E-state index contributed by atoms with van der Waals surface area (Å²) >= 11 is 9.89. The Balaban J connectivity index is 2.28. The first kappa shape index (κ1) is 14.7. The number of benzene rings is 2. The van der Waals surface area contributed by atoms with Gasteiger partial charge >= 0.3 is 0 Å². The highest BCUT2D eigenvalue weighted by Crippen LogP contribution is 2.26. The van der Waals surface area contributed by atoms with E-state index in [0.29, 0.717) is 20.2 Å². The van der Waals surface area contributed by atoms with Crippen LogP contribution in [0.2, 0.25) is 0 Å². The quantitative estimate of drug-likeness (QED) is 0.653. The molecule has 0 atom stereocenters. The SMILES string of the molecule is O=C(Nc1cc(F)ccc1Br)c1ccc(Br)cc1Br. The van der Waals surface area contributed by atoms with Gasteiger partial charge < -0.3 is 5.32 Å². The van der Waals surface area contributed by atoms with Crippen LogP contribution in [0.15, 0.2) is 49.8 Å². The summed E-state index contributed by atoms with van der Waals surface area (Å²) in [6, 6.07) is 9.33. The molecule has 0 aromatic heterocycles. The number of rotatable bonds is 2. The molecule has 2 rings (SSSR count). The summed E-state index contributed by atoms with van der Waals surface area (Å²) in [5.41, 5.74) is 0.860. The van der Waals surface area contributed by atoms with Crippen LogP contribution < -0.4 is 5.32 Å². The molecule has 0 unspecified atom stereocenters. The molecule has 2 nitrogen and oxygen atoms in total. The molecule has 1 amide bonds. The number of carbonyl (C=O) groups excluding carboxylic acids is 1. The lowest BCUT2D eigenvalue weighted by atomic mass is 10.2. The van der Waals surface area contributed by atoms with Crippen LogP contribution in [0.5, 0.6) is 0 Å². The summed E-state index contributed by atoms with van der Waals surface area (Å²) in [5, 5.41) is 2.66. The Kier molecular flexibility index (Phi) is 4.76. The second-order valence-corrected chi connectivity index (χ2v) is 6.33. The van der Waals surface area contributed by atoms with E-state index in [4.69, 9.17) is 0 Å². The van der Waals surface area contributed by atoms with Gasteiger partial charge in [0, 0.05) is 13.4 Å². The molecule has 0 bridgehead atoms. The number of halogens is 4. The molecule has 0 aliphatic rings. The second kappa shape index (κ2) is 6.15. The van der Waals surface area contributed by atoms with E-state index in [9.17, 15) is 9.18 Å². The van der Waals surface area contributed by atoms with Crippen molar-refractivity contribution in [2.45, 2.75) is 0 Å². The molecule has 2 aromatic rings. The van der Waals surface area contributed by atoms with Gasteiger partial charge in [-0.25, -0.2) is 4.39 Å². The van der Waals surface area contributed by atoms with Gasteiger partial charge in [-0.2, -0.15) is 0 Å². The number of carbonyl (C=O) groups is 1. The maximum atomic E-state index is 13.1. The first-order valence-corrected chi connectivity index (χ1v) is 7.57. The maximum Gasteiger partial charge on any atom is 0.256 e. The Morgan fingerprint density at radius 2 is 1.74 bits per heavy atom. The fourth-order valence-corrected chi connectivity index (χ4v) is 3.03. The first-order chi connectivity index (χ1) is 8.97. The number of hydrogen-bond acceptors (Lipinski definition) is 1. The van der Waals surface area contributed by atoms with Crippen molar-refractivity contribution in [1.82, 2.24) is 0 Å². The third-order valence-electron chi connectivity index (χ3n) is 2.35. The van der Waals surface area contributed by atoms with Gasteiger partial charge in [-0.1, -0.05) is 15.9 Å². The Bertz CT molecular complexity index is 646. The van der Waals surface area contributed by atoms with E-state index in [1.54, 1.807) is 24.3 Å². The topological polar surface area (TPSA) is 29.1 Å². The monoisotopic (exact) mass is 449 g/mol. The van der Waals surface area contributed by atoms with Gasteiger partial charge in [-0.3, -0.25) is 4.79 Å². The van der Waals surface area contributed by atoms with Crippen molar-refractivity contribution in [3.8, 4) is 0 Å². The zero-order chi connectivity index (χ0) is 14.0. The smallest absolute Gasteiger partial charge is 0.256 e. The molecule has 19 heavy (non-hydrogen) atoms. The molecule has 6 heteroatoms. The van der Waals surface area contributed by atoms with E-state index in [-0.39, 0.29) is 5.91 Å². The van der Waals surface area contributed by atoms with Crippen molar-refractivity contribution in [2.24, 2.45) is 0 Å². The lowest BCUT2D eigenvalue weighted by Crippen LogP contribution is -2.13. The molecule has 0 spiro atoms. The Morgan fingerprint density at radius 1 is 1.00 bits per heavy atom. The van der Waals surface area contributed by atoms with Gasteiger partial charge in [0.15, 0.2) is 0 Å².